The minimum atomic E-state index is 0.464. The fourth-order valence-corrected chi connectivity index (χ4v) is 3.56. The Kier molecular flexibility index (Phi) is 2.53. The highest BCUT2D eigenvalue weighted by molar-refractivity contribution is 7.11. The van der Waals surface area contributed by atoms with Gasteiger partial charge in [-0.1, -0.05) is 6.42 Å². The Morgan fingerprint density at radius 3 is 2.87 bits per heavy atom. The lowest BCUT2D eigenvalue weighted by molar-refractivity contribution is 0.313. The van der Waals surface area contributed by atoms with Crippen molar-refractivity contribution in [2.75, 3.05) is 0 Å². The highest BCUT2D eigenvalue weighted by Gasteiger charge is 2.23. The Morgan fingerprint density at radius 2 is 2.20 bits per heavy atom. The topological polar surface area (TPSA) is 24.9 Å². The molecule has 1 aromatic heterocycles. The van der Waals surface area contributed by atoms with Gasteiger partial charge in [-0.2, -0.15) is 0 Å². The molecule has 0 spiro atoms. The van der Waals surface area contributed by atoms with Gasteiger partial charge in [0.1, 0.15) is 5.01 Å². The molecular weight excluding hydrogens is 204 g/mol. The fraction of sp³-hybridized carbons (Fsp3) is 0.750. The zero-order valence-corrected chi connectivity index (χ0v) is 10.1. The van der Waals surface area contributed by atoms with E-state index in [1.807, 2.05) is 11.3 Å². The SMILES string of the molecule is CC(NC1CCC1)c1nc2c(s1)CCC2. The third-order valence-electron chi connectivity index (χ3n) is 3.57. The Labute approximate surface area is 95.1 Å². The summed E-state index contributed by atoms with van der Waals surface area (Å²) >= 11 is 1.93. The first kappa shape index (κ1) is 9.79. The van der Waals surface area contributed by atoms with Crippen LogP contribution in [0.25, 0.3) is 0 Å². The van der Waals surface area contributed by atoms with Crippen molar-refractivity contribution in [1.82, 2.24) is 10.3 Å². The second-order valence-corrected chi connectivity index (χ2v) is 5.91. The lowest BCUT2D eigenvalue weighted by atomic mass is 9.92. The normalized spacial score (nSPS) is 22.5. The fourth-order valence-electron chi connectivity index (χ4n) is 2.40. The van der Waals surface area contributed by atoms with Crippen LogP contribution in [0.4, 0.5) is 0 Å². The summed E-state index contributed by atoms with van der Waals surface area (Å²) in [7, 11) is 0. The van der Waals surface area contributed by atoms with Crippen molar-refractivity contribution in [3.63, 3.8) is 0 Å². The zero-order valence-electron chi connectivity index (χ0n) is 9.25. The maximum atomic E-state index is 4.76. The first-order chi connectivity index (χ1) is 7.33. The molecule has 1 unspecified atom stereocenters. The summed E-state index contributed by atoms with van der Waals surface area (Å²) in [6, 6.07) is 1.23. The van der Waals surface area contributed by atoms with Gasteiger partial charge in [-0.05, 0) is 39.0 Å². The molecule has 1 fully saturated rings. The molecule has 1 N–H and O–H groups in total. The van der Waals surface area contributed by atoms with Crippen molar-refractivity contribution >= 4 is 11.3 Å². The molecule has 0 saturated heterocycles. The molecule has 82 valence electrons. The molecule has 0 aliphatic heterocycles. The van der Waals surface area contributed by atoms with Crippen LogP contribution in [-0.4, -0.2) is 11.0 Å². The van der Waals surface area contributed by atoms with Crippen LogP contribution in [-0.2, 0) is 12.8 Å². The molecule has 0 bridgehead atoms. The summed E-state index contributed by atoms with van der Waals surface area (Å²) in [6.45, 7) is 2.26. The van der Waals surface area contributed by atoms with Crippen molar-refractivity contribution in [2.24, 2.45) is 0 Å². The maximum absolute atomic E-state index is 4.76. The Morgan fingerprint density at radius 1 is 1.33 bits per heavy atom. The first-order valence-corrected chi connectivity index (χ1v) is 6.89. The molecule has 1 saturated carbocycles. The van der Waals surface area contributed by atoms with E-state index in [0.717, 1.165) is 6.04 Å². The Hall–Kier alpha value is -0.410. The van der Waals surface area contributed by atoms with Crippen molar-refractivity contribution in [2.45, 2.75) is 57.5 Å². The quantitative estimate of drug-likeness (QED) is 0.850. The average Bonchev–Trinajstić information content (AvgIpc) is 2.69. The molecule has 2 nitrogen and oxygen atoms in total. The van der Waals surface area contributed by atoms with Gasteiger partial charge < -0.3 is 5.32 Å². The zero-order chi connectivity index (χ0) is 10.3. The van der Waals surface area contributed by atoms with Gasteiger partial charge in [-0.3, -0.25) is 0 Å². The highest BCUT2D eigenvalue weighted by Crippen LogP contribution is 2.31. The van der Waals surface area contributed by atoms with Crippen LogP contribution in [0.15, 0.2) is 0 Å². The number of hydrogen-bond acceptors (Lipinski definition) is 3. The Bertz CT molecular complexity index is 333. The molecular formula is C12H18N2S. The number of aryl methyl sites for hydroxylation is 2. The van der Waals surface area contributed by atoms with E-state index in [1.54, 1.807) is 4.88 Å². The average molecular weight is 222 g/mol. The van der Waals surface area contributed by atoms with Crippen molar-refractivity contribution in [1.29, 1.82) is 0 Å². The molecule has 0 aromatic carbocycles. The molecule has 1 aromatic rings. The van der Waals surface area contributed by atoms with Crippen LogP contribution in [0.2, 0.25) is 0 Å². The number of fused-ring (bicyclic) bond motifs is 1. The van der Waals surface area contributed by atoms with Crippen LogP contribution in [0, 0.1) is 0 Å². The standard InChI is InChI=1S/C12H18N2S/c1-8(13-9-4-2-5-9)12-14-10-6-3-7-11(10)15-12/h8-9,13H,2-7H2,1H3. The second kappa shape index (κ2) is 3.87. The summed E-state index contributed by atoms with van der Waals surface area (Å²) in [5, 5.41) is 4.98. The van der Waals surface area contributed by atoms with Crippen molar-refractivity contribution in [3.05, 3.63) is 15.6 Å². The number of aromatic nitrogens is 1. The number of hydrogen-bond donors (Lipinski definition) is 1. The second-order valence-electron chi connectivity index (χ2n) is 4.79. The smallest absolute Gasteiger partial charge is 0.110 e. The predicted molar refractivity (Wildman–Crippen MR) is 63.3 cm³/mol. The number of thiazole rings is 1. The van der Waals surface area contributed by atoms with E-state index in [4.69, 9.17) is 4.98 Å². The van der Waals surface area contributed by atoms with Crippen molar-refractivity contribution < 1.29 is 0 Å². The van der Waals surface area contributed by atoms with Gasteiger partial charge in [0, 0.05) is 10.9 Å². The molecule has 2 aliphatic rings. The van der Waals surface area contributed by atoms with Gasteiger partial charge >= 0.3 is 0 Å². The van der Waals surface area contributed by atoms with E-state index in [1.165, 1.54) is 49.2 Å². The first-order valence-electron chi connectivity index (χ1n) is 6.07. The van der Waals surface area contributed by atoms with Gasteiger partial charge in [0.2, 0.25) is 0 Å². The van der Waals surface area contributed by atoms with Gasteiger partial charge in [0.15, 0.2) is 0 Å². The minimum Gasteiger partial charge on any atom is -0.305 e. The number of rotatable bonds is 3. The predicted octanol–water partition coefficient (Wildman–Crippen LogP) is 2.83. The van der Waals surface area contributed by atoms with Gasteiger partial charge in [0.05, 0.1) is 11.7 Å². The molecule has 3 heteroatoms. The van der Waals surface area contributed by atoms with E-state index in [9.17, 15) is 0 Å². The van der Waals surface area contributed by atoms with Crippen LogP contribution >= 0.6 is 11.3 Å². The summed E-state index contributed by atoms with van der Waals surface area (Å²) in [5.74, 6) is 0. The van der Waals surface area contributed by atoms with E-state index in [0.29, 0.717) is 6.04 Å². The van der Waals surface area contributed by atoms with Crippen molar-refractivity contribution in [3.8, 4) is 0 Å². The van der Waals surface area contributed by atoms with E-state index in [2.05, 4.69) is 12.2 Å². The molecule has 0 radical (unpaired) electrons. The van der Waals surface area contributed by atoms with Gasteiger partial charge in [-0.25, -0.2) is 4.98 Å². The summed E-state index contributed by atoms with van der Waals surface area (Å²) in [4.78, 5) is 6.31. The number of nitrogens with one attached hydrogen (secondary N) is 1. The molecule has 15 heavy (non-hydrogen) atoms. The molecule has 1 heterocycles. The monoisotopic (exact) mass is 222 g/mol. The summed E-state index contributed by atoms with van der Waals surface area (Å²) in [5.41, 5.74) is 1.39. The molecule has 2 aliphatic carbocycles. The van der Waals surface area contributed by atoms with Crippen LogP contribution in [0.1, 0.15) is 54.2 Å². The van der Waals surface area contributed by atoms with Crippen LogP contribution in [0.5, 0.6) is 0 Å². The third-order valence-corrected chi connectivity index (χ3v) is 4.91. The van der Waals surface area contributed by atoms with Crippen LogP contribution < -0.4 is 5.32 Å². The summed E-state index contributed by atoms with van der Waals surface area (Å²) in [6.07, 6.45) is 7.91. The molecule has 1 atom stereocenters. The maximum Gasteiger partial charge on any atom is 0.110 e. The molecule has 3 rings (SSSR count). The Balaban J connectivity index is 1.68. The van der Waals surface area contributed by atoms with E-state index >= 15 is 0 Å². The molecule has 0 amide bonds. The van der Waals surface area contributed by atoms with E-state index < -0.39 is 0 Å². The van der Waals surface area contributed by atoms with Crippen LogP contribution in [0.3, 0.4) is 0 Å². The lowest BCUT2D eigenvalue weighted by Gasteiger charge is -2.29. The van der Waals surface area contributed by atoms with Gasteiger partial charge in [-0.15, -0.1) is 11.3 Å². The minimum absolute atomic E-state index is 0.464. The van der Waals surface area contributed by atoms with Gasteiger partial charge in [0.25, 0.3) is 0 Å². The largest absolute Gasteiger partial charge is 0.305 e. The number of nitrogens with zero attached hydrogens (tertiary/aromatic N) is 1. The third kappa shape index (κ3) is 1.83. The highest BCUT2D eigenvalue weighted by atomic mass is 32.1. The lowest BCUT2D eigenvalue weighted by Crippen LogP contribution is -2.36. The summed E-state index contributed by atoms with van der Waals surface area (Å²) < 4.78 is 0. The van der Waals surface area contributed by atoms with E-state index in [-0.39, 0.29) is 0 Å².